The lowest BCUT2D eigenvalue weighted by molar-refractivity contribution is -0.130. The largest absolute Gasteiger partial charge is 0.372 e. The first kappa shape index (κ1) is 28.3. The maximum absolute atomic E-state index is 12.7. The molecule has 2 aliphatic rings. The third kappa shape index (κ3) is 8.11. The van der Waals surface area contributed by atoms with E-state index >= 15 is 0 Å². The number of anilines is 2. The van der Waals surface area contributed by atoms with Crippen molar-refractivity contribution in [1.82, 2.24) is 9.88 Å². The molecule has 0 aliphatic carbocycles. The predicted octanol–water partition coefficient (Wildman–Crippen LogP) is 5.59. The van der Waals surface area contributed by atoms with Gasteiger partial charge in [0.25, 0.3) is 5.91 Å². The van der Waals surface area contributed by atoms with Crippen LogP contribution in [0.1, 0.15) is 50.4 Å². The fraction of sp³-hybridized carbons (Fsp3) is 0.519. The van der Waals surface area contributed by atoms with Crippen LogP contribution in [0.4, 0.5) is 11.5 Å². The summed E-state index contributed by atoms with van der Waals surface area (Å²) in [6, 6.07) is 8.98. The number of carbonyl (C=O) groups is 2. The molecule has 7 nitrogen and oxygen atoms in total. The number of piperidine rings is 1. The summed E-state index contributed by atoms with van der Waals surface area (Å²) in [5.74, 6) is 1.48. The Hall–Kier alpha value is -2.29. The first-order valence-corrected chi connectivity index (χ1v) is 14.1. The normalized spacial score (nSPS) is 20.4. The average molecular weight is 533 g/mol. The molecule has 1 N–H and O–H groups in total. The van der Waals surface area contributed by atoms with Gasteiger partial charge in [0.1, 0.15) is 0 Å². The van der Waals surface area contributed by atoms with E-state index in [1.54, 1.807) is 40.9 Å². The van der Waals surface area contributed by atoms with Crippen LogP contribution in [0.3, 0.4) is 0 Å². The zero-order chi connectivity index (χ0) is 26.1. The SMILES string of the molecule is CC1CN(C=O)CC(C)O1.CCC1CCN(c2ncc(SC)cc2NC(=O)c2cccc(Cl)c2)CC1. The molecule has 0 radical (unpaired) electrons. The molecule has 0 saturated carbocycles. The van der Waals surface area contributed by atoms with E-state index in [0.29, 0.717) is 10.6 Å². The van der Waals surface area contributed by atoms with Crippen LogP contribution < -0.4 is 10.2 Å². The van der Waals surface area contributed by atoms with Gasteiger partial charge >= 0.3 is 0 Å². The van der Waals surface area contributed by atoms with Crippen LogP contribution in [0.2, 0.25) is 5.02 Å². The van der Waals surface area contributed by atoms with E-state index in [1.807, 2.05) is 32.4 Å². The third-order valence-electron chi connectivity index (χ3n) is 6.50. The van der Waals surface area contributed by atoms with Crippen molar-refractivity contribution in [3.05, 3.63) is 47.1 Å². The summed E-state index contributed by atoms with van der Waals surface area (Å²) in [6.07, 6.45) is 8.71. The fourth-order valence-electron chi connectivity index (χ4n) is 4.57. The molecule has 1 aromatic heterocycles. The summed E-state index contributed by atoms with van der Waals surface area (Å²) in [7, 11) is 0. The smallest absolute Gasteiger partial charge is 0.255 e. The quantitative estimate of drug-likeness (QED) is 0.386. The van der Waals surface area contributed by atoms with Gasteiger partial charge in [-0.05, 0) is 63.1 Å². The zero-order valence-corrected chi connectivity index (χ0v) is 23.1. The lowest BCUT2D eigenvalue weighted by atomic mass is 9.94. The summed E-state index contributed by atoms with van der Waals surface area (Å²) in [5, 5.41) is 3.59. The van der Waals surface area contributed by atoms with Crippen LogP contribution in [0.5, 0.6) is 0 Å². The molecule has 0 spiro atoms. The van der Waals surface area contributed by atoms with Gasteiger partial charge in [0.2, 0.25) is 6.41 Å². The molecule has 2 aliphatic heterocycles. The van der Waals surface area contributed by atoms with E-state index in [4.69, 9.17) is 16.3 Å². The summed E-state index contributed by atoms with van der Waals surface area (Å²) in [5.41, 5.74) is 1.31. The molecular weight excluding hydrogens is 496 g/mol. The standard InChI is InChI=1S/C20H24ClN3OS.C7H13NO2/c1-3-14-7-9-24(10-8-14)19-18(12-17(26-2)13-22-19)23-20(25)15-5-4-6-16(21)11-15;1-6-3-8(5-9)4-7(2)10-6/h4-6,11-14H,3,7-10H2,1-2H3,(H,23,25);5-7H,3-4H2,1-2H3. The first-order chi connectivity index (χ1) is 17.3. The minimum atomic E-state index is -0.169. The Morgan fingerprint density at radius 3 is 2.50 bits per heavy atom. The van der Waals surface area contributed by atoms with Gasteiger partial charge < -0.3 is 19.9 Å². The van der Waals surface area contributed by atoms with Crippen LogP contribution in [0.25, 0.3) is 0 Å². The van der Waals surface area contributed by atoms with Gasteiger partial charge in [-0.1, -0.05) is 31.0 Å². The Bertz CT molecular complexity index is 1010. The molecule has 1 aromatic carbocycles. The molecule has 2 fully saturated rings. The van der Waals surface area contributed by atoms with Crippen LogP contribution in [-0.2, 0) is 9.53 Å². The van der Waals surface area contributed by atoms with Crippen LogP contribution in [-0.4, -0.2) is 66.8 Å². The average Bonchev–Trinajstić information content (AvgIpc) is 2.88. The van der Waals surface area contributed by atoms with Gasteiger partial charge in [-0.3, -0.25) is 9.59 Å². The minimum absolute atomic E-state index is 0.169. The number of benzene rings is 1. The van der Waals surface area contributed by atoms with Crippen molar-refractivity contribution in [2.75, 3.05) is 42.7 Å². The highest BCUT2D eigenvalue weighted by Gasteiger charge is 2.22. The molecule has 3 heterocycles. The highest BCUT2D eigenvalue weighted by Crippen LogP contribution is 2.32. The van der Waals surface area contributed by atoms with E-state index in [1.165, 1.54) is 19.3 Å². The van der Waals surface area contributed by atoms with Gasteiger partial charge in [-0.15, -0.1) is 11.8 Å². The number of nitrogens with one attached hydrogen (secondary N) is 1. The number of halogens is 1. The Labute approximate surface area is 223 Å². The van der Waals surface area contributed by atoms with Gasteiger partial charge in [0.15, 0.2) is 5.82 Å². The van der Waals surface area contributed by atoms with E-state index in [9.17, 15) is 9.59 Å². The highest BCUT2D eigenvalue weighted by molar-refractivity contribution is 7.98. The molecule has 2 amide bonds. The third-order valence-corrected chi connectivity index (χ3v) is 7.43. The second kappa shape index (κ2) is 13.9. The molecular formula is C27H37ClN4O3S. The Kier molecular flexibility index (Phi) is 10.9. The molecule has 2 aromatic rings. The van der Waals surface area contributed by atoms with Crippen molar-refractivity contribution >= 4 is 47.2 Å². The number of nitrogens with zero attached hydrogens (tertiary/aromatic N) is 3. The molecule has 4 rings (SSSR count). The number of hydrogen-bond donors (Lipinski definition) is 1. The van der Waals surface area contributed by atoms with Gasteiger partial charge in [0.05, 0.1) is 17.9 Å². The van der Waals surface area contributed by atoms with Gasteiger partial charge in [-0.25, -0.2) is 4.98 Å². The van der Waals surface area contributed by atoms with Gasteiger partial charge in [0, 0.05) is 47.9 Å². The number of thioether (sulfide) groups is 1. The van der Waals surface area contributed by atoms with Crippen LogP contribution in [0.15, 0.2) is 41.4 Å². The number of pyridine rings is 1. The topological polar surface area (TPSA) is 74.8 Å². The Morgan fingerprint density at radius 2 is 1.92 bits per heavy atom. The molecule has 0 bridgehead atoms. The summed E-state index contributed by atoms with van der Waals surface area (Å²) in [4.78, 5) is 32.7. The molecule has 196 valence electrons. The van der Waals surface area contributed by atoms with E-state index in [0.717, 1.165) is 54.9 Å². The van der Waals surface area contributed by atoms with Crippen molar-refractivity contribution in [1.29, 1.82) is 0 Å². The van der Waals surface area contributed by atoms with Crippen LogP contribution in [0, 0.1) is 5.92 Å². The monoisotopic (exact) mass is 532 g/mol. The van der Waals surface area contributed by atoms with Crippen LogP contribution >= 0.6 is 23.4 Å². The van der Waals surface area contributed by atoms with E-state index in [2.05, 4.69) is 22.1 Å². The molecule has 2 saturated heterocycles. The van der Waals surface area contributed by atoms with E-state index < -0.39 is 0 Å². The molecule has 36 heavy (non-hydrogen) atoms. The van der Waals surface area contributed by atoms with E-state index in [-0.39, 0.29) is 18.1 Å². The first-order valence-electron chi connectivity index (χ1n) is 12.5. The minimum Gasteiger partial charge on any atom is -0.372 e. The summed E-state index contributed by atoms with van der Waals surface area (Å²) < 4.78 is 5.42. The van der Waals surface area contributed by atoms with Crippen molar-refractivity contribution in [2.24, 2.45) is 5.92 Å². The fourth-order valence-corrected chi connectivity index (χ4v) is 5.16. The maximum Gasteiger partial charge on any atom is 0.255 e. The molecule has 2 atom stereocenters. The second-order valence-corrected chi connectivity index (χ2v) is 10.7. The number of morpholine rings is 1. The van der Waals surface area contributed by atoms with Crippen molar-refractivity contribution < 1.29 is 14.3 Å². The van der Waals surface area contributed by atoms with Crippen molar-refractivity contribution in [3.8, 4) is 0 Å². The number of ether oxygens (including phenoxy) is 1. The Balaban J connectivity index is 0.000000303. The summed E-state index contributed by atoms with van der Waals surface area (Å²) >= 11 is 7.63. The second-order valence-electron chi connectivity index (χ2n) is 9.37. The molecule has 2 unspecified atom stereocenters. The lowest BCUT2D eigenvalue weighted by Gasteiger charge is -2.33. The van der Waals surface area contributed by atoms with Gasteiger partial charge in [-0.2, -0.15) is 0 Å². The van der Waals surface area contributed by atoms with Crippen molar-refractivity contribution in [3.63, 3.8) is 0 Å². The number of aromatic nitrogens is 1. The lowest BCUT2D eigenvalue weighted by Crippen LogP contribution is -2.44. The number of amides is 2. The summed E-state index contributed by atoms with van der Waals surface area (Å²) in [6.45, 7) is 9.62. The maximum atomic E-state index is 12.7. The molecule has 9 heteroatoms. The highest BCUT2D eigenvalue weighted by atomic mass is 35.5. The number of carbonyl (C=O) groups excluding carboxylic acids is 2. The van der Waals surface area contributed by atoms with Crippen molar-refractivity contribution in [2.45, 2.75) is 57.1 Å². The zero-order valence-electron chi connectivity index (χ0n) is 21.6. The Morgan fingerprint density at radius 1 is 1.22 bits per heavy atom. The number of rotatable bonds is 6. The predicted molar refractivity (Wildman–Crippen MR) is 148 cm³/mol. The number of hydrogen-bond acceptors (Lipinski definition) is 6.